The molecule has 1 aromatic rings. The summed E-state index contributed by atoms with van der Waals surface area (Å²) in [7, 11) is 3.45. The molecule has 0 saturated heterocycles. The molecule has 0 aliphatic carbocycles. The Labute approximate surface area is 140 Å². The number of benzene rings is 1. The van der Waals surface area contributed by atoms with Crippen LogP contribution in [-0.2, 0) is 11.3 Å². The fourth-order valence-electron chi connectivity index (χ4n) is 1.55. The fourth-order valence-corrected chi connectivity index (χ4v) is 2.00. The van der Waals surface area contributed by atoms with Gasteiger partial charge in [0.2, 0.25) is 0 Å². The molecule has 19 heavy (non-hydrogen) atoms. The number of rotatable bonds is 5. The van der Waals surface area contributed by atoms with Gasteiger partial charge in [0.1, 0.15) is 0 Å². The van der Waals surface area contributed by atoms with Gasteiger partial charge in [-0.25, -0.2) is 0 Å². The second-order valence-electron chi connectivity index (χ2n) is 4.06. The number of nitrogens with one attached hydrogen (secondary N) is 2. The summed E-state index contributed by atoms with van der Waals surface area (Å²) < 4.78 is 6.16. The number of nitrogens with zero attached hydrogens (tertiary/aromatic N) is 1. The molecule has 0 fully saturated rings. The molecule has 0 aliphatic heterocycles. The molecule has 0 heterocycles. The first-order valence-electron chi connectivity index (χ1n) is 5.86. The molecule has 1 atom stereocenters. The van der Waals surface area contributed by atoms with Crippen LogP contribution in [0.4, 0.5) is 0 Å². The number of ether oxygens (including phenoxy) is 1. The third-order valence-electron chi connectivity index (χ3n) is 2.37. The first-order chi connectivity index (χ1) is 8.65. The summed E-state index contributed by atoms with van der Waals surface area (Å²) in [4.78, 5) is 4.17. The van der Waals surface area contributed by atoms with E-state index < -0.39 is 0 Å². The normalized spacial score (nSPS) is 12.5. The Hall–Kier alpha value is -0.340. The van der Waals surface area contributed by atoms with E-state index in [1.165, 1.54) is 5.56 Å². The average Bonchev–Trinajstić information content (AvgIpc) is 2.35. The maximum absolute atomic E-state index is 5.08. The van der Waals surface area contributed by atoms with E-state index in [0.717, 1.165) is 17.0 Å². The SMILES string of the molecule is CN=C(NCc1cccc(Br)c1)NC(C)COC.I. The second kappa shape index (κ2) is 10.4. The van der Waals surface area contributed by atoms with Gasteiger partial charge in [-0.2, -0.15) is 0 Å². The van der Waals surface area contributed by atoms with Gasteiger partial charge in [-0.3, -0.25) is 4.99 Å². The Morgan fingerprint density at radius 3 is 2.79 bits per heavy atom. The van der Waals surface area contributed by atoms with Crippen LogP contribution in [0.3, 0.4) is 0 Å². The van der Waals surface area contributed by atoms with Crippen molar-refractivity contribution in [1.82, 2.24) is 10.6 Å². The lowest BCUT2D eigenvalue weighted by Crippen LogP contribution is -2.43. The first-order valence-corrected chi connectivity index (χ1v) is 6.65. The van der Waals surface area contributed by atoms with Crippen molar-refractivity contribution in [3.63, 3.8) is 0 Å². The maximum Gasteiger partial charge on any atom is 0.191 e. The minimum Gasteiger partial charge on any atom is -0.383 e. The zero-order valence-corrected chi connectivity index (χ0v) is 15.4. The van der Waals surface area contributed by atoms with E-state index in [1.54, 1.807) is 14.2 Å². The van der Waals surface area contributed by atoms with Gasteiger partial charge in [-0.15, -0.1) is 24.0 Å². The Kier molecular flexibility index (Phi) is 10.3. The van der Waals surface area contributed by atoms with Crippen LogP contribution >= 0.6 is 39.9 Å². The monoisotopic (exact) mass is 441 g/mol. The molecule has 1 unspecified atom stereocenters. The third kappa shape index (κ3) is 7.74. The molecule has 2 N–H and O–H groups in total. The van der Waals surface area contributed by atoms with Crippen LogP contribution in [0.5, 0.6) is 0 Å². The number of guanidine groups is 1. The van der Waals surface area contributed by atoms with Gasteiger partial charge in [0.05, 0.1) is 6.61 Å². The molecule has 0 bridgehead atoms. The zero-order valence-electron chi connectivity index (χ0n) is 11.4. The molecule has 1 aromatic carbocycles. The highest BCUT2D eigenvalue weighted by Crippen LogP contribution is 2.11. The number of halogens is 2. The van der Waals surface area contributed by atoms with Crippen molar-refractivity contribution >= 4 is 45.9 Å². The van der Waals surface area contributed by atoms with Gasteiger partial charge in [0, 0.05) is 31.2 Å². The minimum atomic E-state index is 0. The summed E-state index contributed by atoms with van der Waals surface area (Å²) in [6.07, 6.45) is 0. The molecule has 1 rings (SSSR count). The predicted molar refractivity (Wildman–Crippen MR) is 94.2 cm³/mol. The van der Waals surface area contributed by atoms with Crippen LogP contribution in [0.15, 0.2) is 33.7 Å². The van der Waals surface area contributed by atoms with Crippen LogP contribution in [0, 0.1) is 0 Å². The predicted octanol–water partition coefficient (Wildman–Crippen LogP) is 2.77. The number of hydrogen-bond acceptors (Lipinski definition) is 2. The highest BCUT2D eigenvalue weighted by atomic mass is 127. The number of aliphatic imine (C=N–C) groups is 1. The van der Waals surface area contributed by atoms with Crippen LogP contribution in [0.2, 0.25) is 0 Å². The van der Waals surface area contributed by atoms with Crippen LogP contribution in [-0.4, -0.2) is 32.8 Å². The summed E-state index contributed by atoms with van der Waals surface area (Å²) in [6.45, 7) is 3.44. The lowest BCUT2D eigenvalue weighted by atomic mass is 10.2. The highest BCUT2D eigenvalue weighted by molar-refractivity contribution is 14.0. The van der Waals surface area contributed by atoms with E-state index in [2.05, 4.69) is 50.6 Å². The largest absolute Gasteiger partial charge is 0.383 e. The summed E-state index contributed by atoms with van der Waals surface area (Å²) in [6, 6.07) is 8.41. The van der Waals surface area contributed by atoms with Gasteiger partial charge in [0.25, 0.3) is 0 Å². The molecule has 0 spiro atoms. The molecule has 0 saturated carbocycles. The van der Waals surface area contributed by atoms with Crippen LogP contribution < -0.4 is 10.6 Å². The van der Waals surface area contributed by atoms with Crippen molar-refractivity contribution in [1.29, 1.82) is 0 Å². The second-order valence-corrected chi connectivity index (χ2v) is 4.97. The van der Waals surface area contributed by atoms with Gasteiger partial charge in [0.15, 0.2) is 5.96 Å². The summed E-state index contributed by atoms with van der Waals surface area (Å²) in [5, 5.41) is 6.52. The zero-order chi connectivity index (χ0) is 13.4. The highest BCUT2D eigenvalue weighted by Gasteiger charge is 2.04. The van der Waals surface area contributed by atoms with E-state index >= 15 is 0 Å². The number of hydrogen-bond donors (Lipinski definition) is 2. The molecule has 6 heteroatoms. The van der Waals surface area contributed by atoms with E-state index in [-0.39, 0.29) is 30.0 Å². The fraction of sp³-hybridized carbons (Fsp3) is 0.462. The Balaban J connectivity index is 0.00000324. The Morgan fingerprint density at radius 2 is 2.21 bits per heavy atom. The van der Waals surface area contributed by atoms with Crippen molar-refractivity contribution in [3.8, 4) is 0 Å². The van der Waals surface area contributed by atoms with E-state index in [4.69, 9.17) is 4.74 Å². The molecule has 0 aliphatic rings. The first kappa shape index (κ1) is 18.7. The Bertz CT molecular complexity index is 401. The van der Waals surface area contributed by atoms with E-state index in [9.17, 15) is 0 Å². The maximum atomic E-state index is 5.08. The molecule has 0 amide bonds. The van der Waals surface area contributed by atoms with Crippen molar-refractivity contribution in [2.24, 2.45) is 4.99 Å². The lowest BCUT2D eigenvalue weighted by Gasteiger charge is -2.17. The van der Waals surface area contributed by atoms with Crippen molar-refractivity contribution in [2.75, 3.05) is 20.8 Å². The van der Waals surface area contributed by atoms with Gasteiger partial charge in [-0.05, 0) is 24.6 Å². The topological polar surface area (TPSA) is 45.7 Å². The molecule has 0 aromatic heterocycles. The van der Waals surface area contributed by atoms with Gasteiger partial charge >= 0.3 is 0 Å². The van der Waals surface area contributed by atoms with E-state index in [1.807, 2.05) is 12.1 Å². The third-order valence-corrected chi connectivity index (χ3v) is 2.87. The molecular formula is C13H21BrIN3O. The average molecular weight is 442 g/mol. The van der Waals surface area contributed by atoms with Crippen molar-refractivity contribution in [2.45, 2.75) is 19.5 Å². The molecule has 4 nitrogen and oxygen atoms in total. The van der Waals surface area contributed by atoms with Crippen molar-refractivity contribution in [3.05, 3.63) is 34.3 Å². The van der Waals surface area contributed by atoms with Crippen LogP contribution in [0.1, 0.15) is 12.5 Å². The van der Waals surface area contributed by atoms with Crippen molar-refractivity contribution < 1.29 is 4.74 Å². The lowest BCUT2D eigenvalue weighted by molar-refractivity contribution is 0.179. The van der Waals surface area contributed by atoms with E-state index in [0.29, 0.717) is 6.61 Å². The molecule has 108 valence electrons. The van der Waals surface area contributed by atoms with Crippen LogP contribution in [0.25, 0.3) is 0 Å². The summed E-state index contributed by atoms with van der Waals surface area (Å²) >= 11 is 3.46. The minimum absolute atomic E-state index is 0. The quantitative estimate of drug-likeness (QED) is 0.419. The Morgan fingerprint density at radius 1 is 1.47 bits per heavy atom. The smallest absolute Gasteiger partial charge is 0.191 e. The van der Waals surface area contributed by atoms with Gasteiger partial charge in [-0.1, -0.05) is 28.1 Å². The van der Waals surface area contributed by atoms with Gasteiger partial charge < -0.3 is 15.4 Å². The summed E-state index contributed by atoms with van der Waals surface area (Å²) in [5.41, 5.74) is 1.20. The molecular weight excluding hydrogens is 421 g/mol. The molecule has 0 radical (unpaired) electrons. The standard InChI is InChI=1S/C13H20BrN3O.HI/c1-10(9-18-3)17-13(15-2)16-8-11-5-4-6-12(14)7-11;/h4-7,10H,8-9H2,1-3H3,(H2,15,16,17);1H. The number of methoxy groups -OCH3 is 1. The summed E-state index contributed by atoms with van der Waals surface area (Å²) in [5.74, 6) is 0.777.